The third kappa shape index (κ3) is 4.00. The van der Waals surface area contributed by atoms with Crippen molar-refractivity contribution in [1.82, 2.24) is 19.9 Å². The maximum absolute atomic E-state index is 9.06. The number of anilines is 1. The van der Waals surface area contributed by atoms with Crippen molar-refractivity contribution in [2.24, 2.45) is 4.99 Å². The number of aromatic nitrogens is 3. The van der Waals surface area contributed by atoms with Crippen LogP contribution in [0.25, 0.3) is 11.6 Å². The second-order valence-electron chi connectivity index (χ2n) is 6.53. The quantitative estimate of drug-likeness (QED) is 0.777. The number of nitrogens with one attached hydrogen (secondary N) is 1. The van der Waals surface area contributed by atoms with Crippen molar-refractivity contribution in [3.63, 3.8) is 0 Å². The number of aliphatic hydroxyl groups is 1. The van der Waals surface area contributed by atoms with Crippen LogP contribution in [-0.2, 0) is 0 Å². The maximum atomic E-state index is 9.06. The van der Waals surface area contributed by atoms with E-state index in [0.717, 1.165) is 66.8 Å². The number of aliphatic hydroxyl groups excluding tert-OH is 1. The van der Waals surface area contributed by atoms with Crippen LogP contribution in [0.2, 0.25) is 0 Å². The van der Waals surface area contributed by atoms with Gasteiger partial charge in [-0.05, 0) is 37.8 Å². The number of hydrogen-bond donors (Lipinski definition) is 2. The van der Waals surface area contributed by atoms with Crippen LogP contribution in [0.15, 0.2) is 23.6 Å². The number of H-pyrrole nitrogens is 1. The Labute approximate surface area is 154 Å². The van der Waals surface area contributed by atoms with Gasteiger partial charge in [-0.25, -0.2) is 9.98 Å². The summed E-state index contributed by atoms with van der Waals surface area (Å²) in [6, 6.07) is 0. The second kappa shape index (κ2) is 8.25. The average Bonchev–Trinajstić information content (AvgIpc) is 3.02. The fraction of sp³-hybridized carbons (Fsp3) is 0.421. The molecule has 0 aliphatic carbocycles. The predicted octanol–water partition coefficient (Wildman–Crippen LogP) is 2.12. The van der Waals surface area contributed by atoms with Gasteiger partial charge in [0.2, 0.25) is 0 Å². The molecule has 0 spiro atoms. The van der Waals surface area contributed by atoms with E-state index in [0.29, 0.717) is 0 Å². The minimum absolute atomic E-state index is 0.208. The van der Waals surface area contributed by atoms with Gasteiger partial charge in [0.1, 0.15) is 11.6 Å². The Balaban J connectivity index is 1.78. The molecule has 1 fully saturated rings. The van der Waals surface area contributed by atoms with E-state index < -0.39 is 0 Å². The van der Waals surface area contributed by atoms with E-state index in [9.17, 15) is 0 Å². The number of aryl methyl sites for hydroxylation is 1. The van der Waals surface area contributed by atoms with E-state index >= 15 is 0 Å². The van der Waals surface area contributed by atoms with E-state index in [-0.39, 0.29) is 6.61 Å². The van der Waals surface area contributed by atoms with E-state index in [2.05, 4.69) is 37.6 Å². The first-order valence-corrected chi connectivity index (χ1v) is 8.86. The van der Waals surface area contributed by atoms with Crippen molar-refractivity contribution in [2.45, 2.75) is 13.8 Å². The minimum Gasteiger partial charge on any atom is -0.395 e. The Kier molecular flexibility index (Phi) is 5.80. The summed E-state index contributed by atoms with van der Waals surface area (Å²) in [6.45, 7) is 12.3. The van der Waals surface area contributed by atoms with Gasteiger partial charge in [0, 0.05) is 44.5 Å². The Hall–Kier alpha value is -2.51. The molecule has 2 aromatic rings. The lowest BCUT2D eigenvalue weighted by Gasteiger charge is -2.34. The van der Waals surface area contributed by atoms with E-state index in [1.54, 1.807) is 6.20 Å². The molecule has 1 saturated heterocycles. The van der Waals surface area contributed by atoms with Crippen molar-refractivity contribution in [2.75, 3.05) is 44.2 Å². The van der Waals surface area contributed by atoms with E-state index in [4.69, 9.17) is 10.1 Å². The second-order valence-corrected chi connectivity index (χ2v) is 6.53. The molecule has 0 amide bonds. The SMILES string of the molecule is C=Nc1[nH]cc(C)c1/C=C(\C)c1cncc(N2CCN(CCO)CC2)n1. The van der Waals surface area contributed by atoms with Gasteiger partial charge in [0.15, 0.2) is 0 Å². The maximum Gasteiger partial charge on any atom is 0.147 e. The number of β-amino-alcohol motifs (C(OH)–C–C–N with tert-alkyl or cyclic N) is 1. The van der Waals surface area contributed by atoms with Gasteiger partial charge >= 0.3 is 0 Å². The highest BCUT2D eigenvalue weighted by Gasteiger charge is 2.18. The molecule has 26 heavy (non-hydrogen) atoms. The average molecular weight is 354 g/mol. The van der Waals surface area contributed by atoms with Crippen LogP contribution in [0.3, 0.4) is 0 Å². The fourth-order valence-electron chi connectivity index (χ4n) is 3.16. The third-order valence-electron chi connectivity index (χ3n) is 4.76. The summed E-state index contributed by atoms with van der Waals surface area (Å²) in [5.41, 5.74) is 4.04. The Bertz CT molecular complexity index is 789. The summed E-state index contributed by atoms with van der Waals surface area (Å²) in [5, 5.41) is 9.06. The van der Waals surface area contributed by atoms with Crippen molar-refractivity contribution < 1.29 is 5.11 Å². The summed E-state index contributed by atoms with van der Waals surface area (Å²) in [7, 11) is 0. The Morgan fingerprint density at radius 3 is 2.81 bits per heavy atom. The smallest absolute Gasteiger partial charge is 0.147 e. The zero-order valence-corrected chi connectivity index (χ0v) is 15.4. The van der Waals surface area contributed by atoms with Gasteiger partial charge in [0.05, 0.1) is 24.7 Å². The first kappa shape index (κ1) is 18.3. The van der Waals surface area contributed by atoms with Crippen molar-refractivity contribution in [3.8, 4) is 0 Å². The summed E-state index contributed by atoms with van der Waals surface area (Å²) in [4.78, 5) is 20.9. The molecule has 0 unspecified atom stereocenters. The van der Waals surface area contributed by atoms with E-state index in [1.807, 2.05) is 26.2 Å². The number of hydrogen-bond acceptors (Lipinski definition) is 6. The first-order chi connectivity index (χ1) is 12.6. The molecular formula is C19H26N6O. The molecule has 0 radical (unpaired) electrons. The number of nitrogens with zero attached hydrogens (tertiary/aromatic N) is 5. The minimum atomic E-state index is 0.208. The van der Waals surface area contributed by atoms with Crippen LogP contribution < -0.4 is 4.90 Å². The van der Waals surface area contributed by atoms with Gasteiger partial charge < -0.3 is 15.0 Å². The molecule has 7 heteroatoms. The van der Waals surface area contributed by atoms with Crippen LogP contribution in [-0.4, -0.2) is 71.0 Å². The first-order valence-electron chi connectivity index (χ1n) is 8.86. The molecule has 0 saturated carbocycles. The zero-order valence-electron chi connectivity index (χ0n) is 15.4. The highest BCUT2D eigenvalue weighted by atomic mass is 16.3. The van der Waals surface area contributed by atoms with Crippen LogP contribution in [0.1, 0.15) is 23.7 Å². The van der Waals surface area contributed by atoms with Crippen molar-refractivity contribution in [1.29, 1.82) is 0 Å². The molecule has 0 atom stereocenters. The molecule has 138 valence electrons. The lowest BCUT2D eigenvalue weighted by molar-refractivity contribution is 0.188. The Morgan fingerprint density at radius 1 is 1.35 bits per heavy atom. The monoisotopic (exact) mass is 354 g/mol. The van der Waals surface area contributed by atoms with E-state index in [1.165, 1.54) is 0 Å². The highest BCUT2D eigenvalue weighted by molar-refractivity contribution is 5.83. The van der Waals surface area contributed by atoms with Gasteiger partial charge in [0.25, 0.3) is 0 Å². The number of aromatic amines is 1. The Morgan fingerprint density at radius 2 is 2.12 bits per heavy atom. The fourth-order valence-corrected chi connectivity index (χ4v) is 3.16. The van der Waals surface area contributed by atoms with Crippen LogP contribution in [0.4, 0.5) is 11.6 Å². The zero-order chi connectivity index (χ0) is 18.5. The third-order valence-corrected chi connectivity index (χ3v) is 4.76. The standard InChI is InChI=1S/C19H26N6O/c1-14(10-16-15(2)11-22-19(16)20-3)17-12-21-13-18(23-17)25-6-4-24(5-7-25)8-9-26/h10-13,22,26H,3-9H2,1-2H3/b14-10+. The number of aliphatic imine (C=N–C) groups is 1. The molecule has 0 aromatic carbocycles. The van der Waals surface area contributed by atoms with Gasteiger partial charge in [-0.3, -0.25) is 9.88 Å². The number of allylic oxidation sites excluding steroid dienone is 1. The van der Waals surface area contributed by atoms with Crippen molar-refractivity contribution >= 4 is 30.0 Å². The highest BCUT2D eigenvalue weighted by Crippen LogP contribution is 2.26. The summed E-state index contributed by atoms with van der Waals surface area (Å²) < 4.78 is 0. The molecule has 1 aliphatic rings. The summed E-state index contributed by atoms with van der Waals surface area (Å²) in [6.07, 6.45) is 7.61. The molecule has 0 bridgehead atoms. The summed E-state index contributed by atoms with van der Waals surface area (Å²) >= 11 is 0. The van der Waals surface area contributed by atoms with Gasteiger partial charge in [-0.2, -0.15) is 0 Å². The van der Waals surface area contributed by atoms with Crippen LogP contribution >= 0.6 is 0 Å². The van der Waals surface area contributed by atoms with Crippen LogP contribution in [0, 0.1) is 6.92 Å². The normalized spacial score (nSPS) is 16.1. The summed E-state index contributed by atoms with van der Waals surface area (Å²) in [5.74, 6) is 1.66. The number of rotatable bonds is 6. The largest absolute Gasteiger partial charge is 0.395 e. The molecule has 2 aromatic heterocycles. The lowest BCUT2D eigenvalue weighted by Crippen LogP contribution is -2.47. The van der Waals surface area contributed by atoms with Crippen LogP contribution in [0.5, 0.6) is 0 Å². The van der Waals surface area contributed by atoms with Gasteiger partial charge in [-0.1, -0.05) is 0 Å². The number of piperazine rings is 1. The predicted molar refractivity (Wildman–Crippen MR) is 106 cm³/mol. The molecular weight excluding hydrogens is 328 g/mol. The molecule has 7 nitrogen and oxygen atoms in total. The molecule has 2 N–H and O–H groups in total. The van der Waals surface area contributed by atoms with Crippen molar-refractivity contribution in [3.05, 3.63) is 35.4 Å². The van der Waals surface area contributed by atoms with Gasteiger partial charge in [-0.15, -0.1) is 0 Å². The topological polar surface area (TPSA) is 80.6 Å². The molecule has 3 heterocycles. The lowest BCUT2D eigenvalue weighted by atomic mass is 10.1. The molecule has 1 aliphatic heterocycles. The molecule has 3 rings (SSSR count).